The van der Waals surface area contributed by atoms with Crippen molar-refractivity contribution in [3.05, 3.63) is 34.4 Å². The second-order valence-electron chi connectivity index (χ2n) is 9.47. The van der Waals surface area contributed by atoms with E-state index >= 15 is 0 Å². The maximum Gasteiger partial charge on any atom is 0.204 e. The fraction of sp³-hybridized carbons (Fsp3) is 0.375. The van der Waals surface area contributed by atoms with Gasteiger partial charge in [-0.15, -0.1) is 22.7 Å². The van der Waals surface area contributed by atoms with E-state index in [1.165, 1.54) is 11.1 Å². The molecular weight excluding hydrogens is 576 g/mol. The summed E-state index contributed by atoms with van der Waals surface area (Å²) in [5, 5.41) is 0. The molecule has 2 heterocycles. The first-order valence-corrected chi connectivity index (χ1v) is 14.8. The summed E-state index contributed by atoms with van der Waals surface area (Å²) in [6.45, 7) is 8.54. The van der Waals surface area contributed by atoms with E-state index in [0.29, 0.717) is 46.0 Å². The number of methoxy groups -OCH3 is 8. The van der Waals surface area contributed by atoms with Crippen LogP contribution in [0.3, 0.4) is 0 Å². The van der Waals surface area contributed by atoms with E-state index in [4.69, 9.17) is 37.9 Å². The highest BCUT2D eigenvalue weighted by Gasteiger charge is 2.30. The Kier molecular flexibility index (Phi) is 9.37. The Morgan fingerprint density at radius 3 is 0.905 bits per heavy atom. The molecule has 8 nitrogen and oxygen atoms in total. The van der Waals surface area contributed by atoms with E-state index in [2.05, 4.69) is 27.7 Å². The second-order valence-corrected chi connectivity index (χ2v) is 11.5. The fourth-order valence-electron chi connectivity index (χ4n) is 5.12. The minimum absolute atomic E-state index is 0.515. The largest absolute Gasteiger partial charge is 0.496 e. The van der Waals surface area contributed by atoms with Crippen LogP contribution in [0.5, 0.6) is 46.0 Å². The molecule has 0 saturated carbocycles. The lowest BCUT2D eigenvalue weighted by Gasteiger charge is -2.18. The van der Waals surface area contributed by atoms with Crippen LogP contribution in [0.4, 0.5) is 0 Å². The Morgan fingerprint density at radius 1 is 0.357 bits per heavy atom. The zero-order chi connectivity index (χ0) is 30.9. The summed E-state index contributed by atoms with van der Waals surface area (Å²) in [5.74, 6) is 4.50. The number of hydrogen-bond donors (Lipinski definition) is 0. The van der Waals surface area contributed by atoms with Gasteiger partial charge in [-0.05, 0) is 49.9 Å². The first kappa shape index (κ1) is 31.2. The molecular formula is C32H38O8S2. The van der Waals surface area contributed by atoms with Gasteiger partial charge in [-0.3, -0.25) is 0 Å². The summed E-state index contributed by atoms with van der Waals surface area (Å²) >= 11 is 3.39. The second kappa shape index (κ2) is 12.6. The molecule has 0 fully saturated rings. The Balaban J connectivity index is 2.00. The fourth-order valence-corrected chi connectivity index (χ4v) is 8.09. The number of hydrogen-bond acceptors (Lipinski definition) is 10. The smallest absolute Gasteiger partial charge is 0.204 e. The molecule has 0 unspecified atom stereocenters. The van der Waals surface area contributed by atoms with Gasteiger partial charge in [-0.25, -0.2) is 0 Å². The van der Waals surface area contributed by atoms with Crippen molar-refractivity contribution >= 4 is 22.7 Å². The Morgan fingerprint density at radius 2 is 0.643 bits per heavy atom. The van der Waals surface area contributed by atoms with Crippen LogP contribution in [0, 0.1) is 27.7 Å². The van der Waals surface area contributed by atoms with Gasteiger partial charge in [0.2, 0.25) is 11.5 Å². The van der Waals surface area contributed by atoms with Crippen LogP contribution < -0.4 is 37.9 Å². The molecule has 226 valence electrons. The molecule has 0 spiro atoms. The minimum atomic E-state index is 0.515. The monoisotopic (exact) mass is 614 g/mol. The Hall–Kier alpha value is -3.76. The number of benzene rings is 2. The summed E-state index contributed by atoms with van der Waals surface area (Å²) < 4.78 is 46.0. The molecule has 10 heteroatoms. The van der Waals surface area contributed by atoms with Crippen molar-refractivity contribution in [2.75, 3.05) is 56.9 Å². The van der Waals surface area contributed by atoms with Crippen molar-refractivity contribution in [2.24, 2.45) is 0 Å². The van der Waals surface area contributed by atoms with Crippen molar-refractivity contribution in [1.82, 2.24) is 0 Å². The first-order chi connectivity index (χ1) is 20.2. The Bertz CT molecular complexity index is 1500. The Labute approximate surface area is 255 Å². The van der Waals surface area contributed by atoms with E-state index in [9.17, 15) is 0 Å². The van der Waals surface area contributed by atoms with Gasteiger partial charge in [0.15, 0.2) is 23.0 Å². The van der Waals surface area contributed by atoms with Gasteiger partial charge in [0.25, 0.3) is 0 Å². The minimum Gasteiger partial charge on any atom is -0.496 e. The number of thiophene rings is 2. The van der Waals surface area contributed by atoms with Crippen molar-refractivity contribution in [3.8, 4) is 76.6 Å². The van der Waals surface area contributed by atoms with Gasteiger partial charge < -0.3 is 37.9 Å². The summed E-state index contributed by atoms with van der Waals surface area (Å²) in [6.07, 6.45) is 0. The van der Waals surface area contributed by atoms with Crippen LogP contribution in [0.25, 0.3) is 30.6 Å². The lowest BCUT2D eigenvalue weighted by molar-refractivity contribution is 0.320. The predicted octanol–water partition coefficient (Wildman–Crippen LogP) is 8.11. The van der Waals surface area contributed by atoms with Gasteiger partial charge in [0.05, 0.1) is 68.0 Å². The van der Waals surface area contributed by atoms with E-state index in [1.54, 1.807) is 79.6 Å². The molecule has 4 rings (SSSR count). The van der Waals surface area contributed by atoms with E-state index < -0.39 is 0 Å². The van der Waals surface area contributed by atoms with Crippen LogP contribution in [-0.4, -0.2) is 56.9 Å². The summed E-state index contributed by atoms with van der Waals surface area (Å²) in [5.41, 5.74) is 6.26. The molecule has 42 heavy (non-hydrogen) atoms. The van der Waals surface area contributed by atoms with Crippen LogP contribution in [-0.2, 0) is 0 Å². The van der Waals surface area contributed by atoms with Gasteiger partial charge in [0, 0.05) is 31.6 Å². The summed E-state index contributed by atoms with van der Waals surface area (Å²) in [7, 11) is 12.9. The standard InChI is InChI=1S/C32H38O8S2/c1-15-17(3)31(41-29(15)23-19(33-5)13-21(35-7)25(37-9)27(23)39-11)32-18(4)16(2)30(42-32)24-20(34-6)14-22(36-8)26(38-10)28(24)40-12/h13-14H,1-12H3. The lowest BCUT2D eigenvalue weighted by Crippen LogP contribution is -1.99. The number of ether oxygens (including phenoxy) is 8. The normalized spacial score (nSPS) is 10.9. The topological polar surface area (TPSA) is 73.8 Å². The molecule has 4 aromatic rings. The maximum absolute atomic E-state index is 5.89. The molecule has 0 atom stereocenters. The molecule has 2 aromatic carbocycles. The average Bonchev–Trinajstić information content (AvgIpc) is 3.47. The maximum atomic E-state index is 5.89. The number of rotatable bonds is 11. The highest BCUT2D eigenvalue weighted by Crippen LogP contribution is 2.58. The van der Waals surface area contributed by atoms with Gasteiger partial charge in [-0.2, -0.15) is 0 Å². The third-order valence-corrected chi connectivity index (χ3v) is 10.6. The SMILES string of the molecule is COc1cc(OC)c(-c2sc(-c3sc(-c4c(OC)cc(OC)c(OC)c4OC)c(C)c3C)c(C)c2C)c(OC)c1OC. The van der Waals surface area contributed by atoms with E-state index in [-0.39, 0.29) is 0 Å². The molecule has 0 aliphatic heterocycles. The summed E-state index contributed by atoms with van der Waals surface area (Å²) in [6, 6.07) is 3.66. The lowest BCUT2D eigenvalue weighted by atomic mass is 10.0. The van der Waals surface area contributed by atoms with Crippen LogP contribution in [0.15, 0.2) is 12.1 Å². The van der Waals surface area contributed by atoms with Gasteiger partial charge in [-0.1, -0.05) is 0 Å². The molecule has 0 N–H and O–H groups in total. The van der Waals surface area contributed by atoms with Gasteiger partial charge >= 0.3 is 0 Å². The van der Waals surface area contributed by atoms with E-state index in [1.807, 2.05) is 12.1 Å². The van der Waals surface area contributed by atoms with Crippen molar-refractivity contribution in [3.63, 3.8) is 0 Å². The van der Waals surface area contributed by atoms with Crippen LogP contribution in [0.2, 0.25) is 0 Å². The van der Waals surface area contributed by atoms with Crippen LogP contribution in [0.1, 0.15) is 22.3 Å². The molecule has 0 aliphatic rings. The average molecular weight is 615 g/mol. The third kappa shape index (κ3) is 4.86. The van der Waals surface area contributed by atoms with E-state index in [0.717, 1.165) is 41.8 Å². The predicted molar refractivity (Wildman–Crippen MR) is 170 cm³/mol. The highest BCUT2D eigenvalue weighted by atomic mass is 32.1. The van der Waals surface area contributed by atoms with Crippen molar-refractivity contribution in [1.29, 1.82) is 0 Å². The van der Waals surface area contributed by atoms with Crippen molar-refractivity contribution < 1.29 is 37.9 Å². The molecule has 0 amide bonds. The van der Waals surface area contributed by atoms with Gasteiger partial charge in [0.1, 0.15) is 11.5 Å². The van der Waals surface area contributed by atoms with Crippen molar-refractivity contribution in [2.45, 2.75) is 27.7 Å². The zero-order valence-corrected chi connectivity index (χ0v) is 27.9. The molecule has 0 bridgehead atoms. The quantitative estimate of drug-likeness (QED) is 0.168. The first-order valence-electron chi connectivity index (χ1n) is 13.1. The summed E-state index contributed by atoms with van der Waals surface area (Å²) in [4.78, 5) is 4.39. The molecule has 0 aliphatic carbocycles. The zero-order valence-electron chi connectivity index (χ0n) is 26.2. The molecule has 0 radical (unpaired) electrons. The van der Waals surface area contributed by atoms with Crippen LogP contribution >= 0.6 is 22.7 Å². The highest BCUT2D eigenvalue weighted by molar-refractivity contribution is 7.25. The molecule has 2 aromatic heterocycles. The third-order valence-electron chi connectivity index (χ3n) is 7.58. The molecule has 0 saturated heterocycles.